The number of ether oxygens (including phenoxy) is 11. The molecule has 27 nitrogen and oxygen atoms in total. The first-order valence-corrected chi connectivity index (χ1v) is 32.3. The van der Waals surface area contributed by atoms with Crippen LogP contribution < -0.4 is 0 Å². The van der Waals surface area contributed by atoms with Gasteiger partial charge in [0.2, 0.25) is 0 Å². The zero-order chi connectivity index (χ0) is 68.0. The van der Waals surface area contributed by atoms with Crippen LogP contribution in [0.5, 0.6) is 0 Å². The van der Waals surface area contributed by atoms with Crippen LogP contribution in [-0.4, -0.2) is 246 Å². The maximum Gasteiger partial charge on any atom is 0.335 e. The number of aliphatic hydroxyl groups is 11. The van der Waals surface area contributed by atoms with Gasteiger partial charge in [-0.2, -0.15) is 0 Å². The number of aliphatic hydroxyl groups excluding tert-OH is 11. The van der Waals surface area contributed by atoms with E-state index in [1.54, 1.807) is 33.8 Å². The SMILES string of the molecule is C/C=C(/C)C(=O)O[C@@H]1C(O)[C@H](O[C@H]2[C@H](O)[C@@]3(COC(C)=O)C(CC2(C)C)C2=CCC4[C@@]5(C)CC[C@H](O[C@@H]6OC(C(=O)O)[C@@H](O)[C@@H](O[C@@H]7O[C@@H](CO)C(O)[C@@H]7O)C6O[C@@H]6OC(CO)[C@H](O)[C@@H](O)C6O)C(C)(C)C5CC[C@@]4(C)[C@]2(C)C[C@@H]3O)OC(C)[C@@H]1OC(=O)/C(C)=C\C. The summed E-state index contributed by atoms with van der Waals surface area (Å²) in [6, 6.07) is 0. The van der Waals surface area contributed by atoms with Crippen LogP contribution in [0, 0.1) is 50.2 Å². The van der Waals surface area contributed by atoms with E-state index in [9.17, 15) is 80.5 Å². The van der Waals surface area contributed by atoms with E-state index in [0.29, 0.717) is 32.1 Å². The third-order valence-electron chi connectivity index (χ3n) is 23.6. The summed E-state index contributed by atoms with van der Waals surface area (Å²) in [7, 11) is 0. The summed E-state index contributed by atoms with van der Waals surface area (Å²) in [4.78, 5) is 52.4. The van der Waals surface area contributed by atoms with Gasteiger partial charge in [-0.25, -0.2) is 14.4 Å². The molecule has 4 aliphatic heterocycles. The van der Waals surface area contributed by atoms with Crippen molar-refractivity contribution >= 4 is 23.9 Å². The highest BCUT2D eigenvalue weighted by Gasteiger charge is 2.74. The molecule has 9 rings (SSSR count). The number of fused-ring (bicyclic) bond motifs is 7. The number of aliphatic carboxylic acids is 1. The highest BCUT2D eigenvalue weighted by molar-refractivity contribution is 5.88. The normalized spacial score (nSPS) is 48.4. The molecule has 0 aromatic heterocycles. The fourth-order valence-electron chi connectivity index (χ4n) is 17.8. The molecule has 12 N–H and O–H groups in total. The summed E-state index contributed by atoms with van der Waals surface area (Å²) in [5.41, 5.74) is -3.54. The Morgan fingerprint density at radius 1 is 0.609 bits per heavy atom. The van der Waals surface area contributed by atoms with Gasteiger partial charge >= 0.3 is 23.9 Å². The summed E-state index contributed by atoms with van der Waals surface area (Å²) in [6.07, 6.45) is -29.1. The third kappa shape index (κ3) is 12.3. The van der Waals surface area contributed by atoms with Gasteiger partial charge in [-0.05, 0) is 124 Å². The Kier molecular flexibility index (Phi) is 21.3. The Bertz CT molecular complexity index is 2790. The lowest BCUT2D eigenvalue weighted by atomic mass is 9.33. The van der Waals surface area contributed by atoms with Gasteiger partial charge in [-0.1, -0.05) is 72.3 Å². The molecule has 9 aliphatic rings. The number of rotatable bonds is 17. The Balaban J connectivity index is 1.01. The Morgan fingerprint density at radius 2 is 1.16 bits per heavy atom. The second kappa shape index (κ2) is 27.0. The van der Waals surface area contributed by atoms with Gasteiger partial charge in [-0.3, -0.25) is 4.79 Å². The minimum atomic E-state index is -2.13. The molecule has 0 spiro atoms. The van der Waals surface area contributed by atoms with E-state index >= 15 is 0 Å². The quantitative estimate of drug-likeness (QED) is 0.0314. The van der Waals surface area contributed by atoms with Crippen molar-refractivity contribution in [1.82, 2.24) is 0 Å². The molecule has 5 aliphatic carbocycles. The monoisotopic (exact) mass is 1310 g/mol. The summed E-state index contributed by atoms with van der Waals surface area (Å²) < 4.78 is 67.2. The van der Waals surface area contributed by atoms with Gasteiger partial charge < -0.3 is 113 Å². The zero-order valence-corrected chi connectivity index (χ0v) is 54.8. The predicted octanol–water partition coefficient (Wildman–Crippen LogP) is 0.715. The van der Waals surface area contributed by atoms with E-state index < -0.39 is 223 Å². The Morgan fingerprint density at radius 3 is 1.73 bits per heavy atom. The summed E-state index contributed by atoms with van der Waals surface area (Å²) >= 11 is 0. The van der Waals surface area contributed by atoms with Crippen LogP contribution >= 0.6 is 0 Å². The van der Waals surface area contributed by atoms with Crippen LogP contribution in [0.15, 0.2) is 34.9 Å². The molecule has 4 saturated heterocycles. The lowest BCUT2D eigenvalue weighted by Crippen LogP contribution is -2.72. The van der Waals surface area contributed by atoms with Crippen LogP contribution in [0.2, 0.25) is 0 Å². The first-order valence-electron chi connectivity index (χ1n) is 32.3. The molecule has 30 atom stereocenters. The fraction of sp³-hybridized carbons (Fsp3) is 0.846. The van der Waals surface area contributed by atoms with Crippen LogP contribution in [-0.2, 0) is 71.3 Å². The second-order valence-corrected chi connectivity index (χ2v) is 29.4. The molecule has 0 radical (unpaired) electrons. The zero-order valence-electron chi connectivity index (χ0n) is 54.8. The number of hydrogen-bond donors (Lipinski definition) is 12. The molecule has 0 aromatic rings. The van der Waals surface area contributed by atoms with Crippen molar-refractivity contribution in [2.45, 2.75) is 276 Å². The molecule has 8 fully saturated rings. The van der Waals surface area contributed by atoms with E-state index in [-0.39, 0.29) is 35.8 Å². The van der Waals surface area contributed by atoms with Crippen LogP contribution in [0.3, 0.4) is 0 Å². The maximum atomic E-state index is 13.4. The lowest BCUT2D eigenvalue weighted by Gasteiger charge is -2.72. The van der Waals surface area contributed by atoms with E-state index in [2.05, 4.69) is 26.8 Å². The average molecular weight is 1310 g/mol. The van der Waals surface area contributed by atoms with Crippen molar-refractivity contribution in [3.05, 3.63) is 34.9 Å². The minimum Gasteiger partial charge on any atom is -0.479 e. The molecule has 10 unspecified atom stereocenters. The first-order chi connectivity index (χ1) is 42.9. The number of hydrogen-bond acceptors (Lipinski definition) is 26. The van der Waals surface area contributed by atoms with Crippen molar-refractivity contribution in [2.75, 3.05) is 19.8 Å². The molecule has 92 heavy (non-hydrogen) atoms. The highest BCUT2D eigenvalue weighted by Crippen LogP contribution is 2.76. The van der Waals surface area contributed by atoms with Crippen molar-refractivity contribution < 1.29 is 133 Å². The van der Waals surface area contributed by atoms with Crippen molar-refractivity contribution in [3.63, 3.8) is 0 Å². The molecule has 27 heteroatoms. The number of carbonyl (C=O) groups is 4. The largest absolute Gasteiger partial charge is 0.479 e. The molecule has 522 valence electrons. The van der Waals surface area contributed by atoms with E-state index in [0.717, 1.165) is 5.57 Å². The Labute approximate surface area is 535 Å². The van der Waals surface area contributed by atoms with Gasteiger partial charge in [0.05, 0.1) is 49.1 Å². The van der Waals surface area contributed by atoms with Crippen molar-refractivity contribution in [3.8, 4) is 0 Å². The van der Waals surface area contributed by atoms with Gasteiger partial charge in [0, 0.05) is 18.1 Å². The minimum absolute atomic E-state index is 0.0439. The molecular formula is C65H100O27. The highest BCUT2D eigenvalue weighted by atomic mass is 16.8. The van der Waals surface area contributed by atoms with Crippen LogP contribution in [0.4, 0.5) is 0 Å². The van der Waals surface area contributed by atoms with Gasteiger partial charge in [0.15, 0.2) is 43.5 Å². The molecule has 0 aromatic carbocycles. The number of carboxylic acids is 1. The third-order valence-corrected chi connectivity index (χ3v) is 23.6. The number of carboxylic acid groups (broad SMARTS) is 1. The van der Waals surface area contributed by atoms with Gasteiger partial charge in [-0.15, -0.1) is 0 Å². The summed E-state index contributed by atoms with van der Waals surface area (Å²) in [5, 5.41) is 135. The average Bonchev–Trinajstić information content (AvgIpc) is 0.773. The number of allylic oxidation sites excluding steroid dienone is 4. The fourth-order valence-corrected chi connectivity index (χ4v) is 17.8. The standard InChI is InChI=1S/C65H100O27/c1-14-27(3)54(80)87-46-29(5)83-58(45(76)48(46)88-55(81)28(4)15-2)92-52-51(77)65(26-82-30(6)68)32(22-60(52,7)8)31-16-17-36-62(11)20-19-38(61(9,10)35(62)18-21-63(36,12)64(31,13)23-37(65)69)86-59-50(91-57-43(74)41(72)39(70)33(24-66)84-57)47(44(75)49(90-59)53(78)79)89-56-42(73)40(71)34(25-67)85-56/h14-16,29,32-52,56-59,66-67,69-77H,17-26H2,1-13H3,(H,78,79)/b27-14-,28-15-/t29?,32?,33?,34-,35?,36?,37-,38-,39-,40?,41+,42-,43?,44-,45?,46-,47+,48+,49?,50?,51-,52-,56-,57-,58-,59+,62-,63+,64+,65-/m0/s1. The molecule has 0 bridgehead atoms. The smallest absolute Gasteiger partial charge is 0.335 e. The predicted molar refractivity (Wildman–Crippen MR) is 316 cm³/mol. The topological polar surface area (TPSA) is 413 Å². The first kappa shape index (κ1) is 72.6. The van der Waals surface area contributed by atoms with Gasteiger partial charge in [0.1, 0.15) is 73.8 Å². The van der Waals surface area contributed by atoms with E-state index in [1.165, 1.54) is 19.9 Å². The molecule has 4 heterocycles. The van der Waals surface area contributed by atoms with Crippen LogP contribution in [0.25, 0.3) is 0 Å². The molecule has 0 amide bonds. The Hall–Kier alpha value is -3.66. The van der Waals surface area contributed by atoms with E-state index in [4.69, 9.17) is 52.1 Å². The molecular weight excluding hydrogens is 1210 g/mol. The number of esters is 3. The van der Waals surface area contributed by atoms with E-state index in [1.807, 2.05) is 27.7 Å². The maximum absolute atomic E-state index is 13.4. The summed E-state index contributed by atoms with van der Waals surface area (Å²) in [6.45, 7) is 21.8. The summed E-state index contributed by atoms with van der Waals surface area (Å²) in [5.74, 6) is -4.56. The van der Waals surface area contributed by atoms with Crippen molar-refractivity contribution in [2.24, 2.45) is 50.2 Å². The van der Waals surface area contributed by atoms with Crippen molar-refractivity contribution in [1.29, 1.82) is 0 Å². The molecule has 4 saturated carbocycles. The van der Waals surface area contributed by atoms with Crippen LogP contribution in [0.1, 0.15) is 135 Å². The van der Waals surface area contributed by atoms with Gasteiger partial charge in [0.25, 0.3) is 0 Å². The number of carbonyl (C=O) groups excluding carboxylic acids is 3. The second-order valence-electron chi connectivity index (χ2n) is 29.4. The lowest BCUT2D eigenvalue weighted by molar-refractivity contribution is -0.386.